The lowest BCUT2D eigenvalue weighted by Gasteiger charge is -2.12. The minimum Gasteiger partial charge on any atom is -0.406 e. The Morgan fingerprint density at radius 1 is 1.47 bits per heavy atom. The van der Waals surface area contributed by atoms with Crippen LogP contribution in [0.2, 0.25) is 0 Å². The third-order valence-electron chi connectivity index (χ3n) is 2.29. The largest absolute Gasteiger partial charge is 0.573 e. The van der Waals surface area contributed by atoms with Crippen molar-refractivity contribution in [2.75, 3.05) is 11.9 Å². The summed E-state index contributed by atoms with van der Waals surface area (Å²) >= 11 is 0. The fourth-order valence-electron chi connectivity index (χ4n) is 1.38. The summed E-state index contributed by atoms with van der Waals surface area (Å²) in [4.78, 5) is 11.5. The molecule has 1 aromatic carbocycles. The van der Waals surface area contributed by atoms with Crippen molar-refractivity contribution in [2.45, 2.75) is 19.7 Å². The Morgan fingerprint density at radius 3 is 2.74 bits per heavy atom. The van der Waals surface area contributed by atoms with E-state index in [2.05, 4.69) is 10.1 Å². The van der Waals surface area contributed by atoms with Crippen molar-refractivity contribution in [2.24, 2.45) is 11.7 Å². The van der Waals surface area contributed by atoms with E-state index in [9.17, 15) is 18.0 Å². The molecular weight excluding hydrogens is 261 g/mol. The number of alkyl halides is 3. The van der Waals surface area contributed by atoms with Gasteiger partial charge in [0.25, 0.3) is 0 Å². The Morgan fingerprint density at radius 2 is 2.16 bits per heavy atom. The van der Waals surface area contributed by atoms with E-state index >= 15 is 0 Å². The maximum absolute atomic E-state index is 12.0. The molecule has 0 fully saturated rings. The molecule has 0 saturated heterocycles. The molecule has 0 spiro atoms. The maximum Gasteiger partial charge on any atom is 0.573 e. The van der Waals surface area contributed by atoms with Gasteiger partial charge in [-0.3, -0.25) is 4.79 Å². The van der Waals surface area contributed by atoms with Gasteiger partial charge in [-0.2, -0.15) is 0 Å². The Kier molecular flexibility index (Phi) is 5.17. The molecule has 4 nitrogen and oxygen atoms in total. The number of anilines is 1. The Labute approximate surface area is 108 Å². The summed E-state index contributed by atoms with van der Waals surface area (Å²) in [6, 6.07) is 5.11. The predicted octanol–water partition coefficient (Wildman–Crippen LogP) is 2.51. The minimum absolute atomic E-state index is 0.00890. The summed E-state index contributed by atoms with van der Waals surface area (Å²) in [6.07, 6.45) is -4.54. The van der Waals surface area contributed by atoms with E-state index in [-0.39, 0.29) is 29.7 Å². The second-order valence-corrected chi connectivity index (χ2v) is 4.17. The topological polar surface area (TPSA) is 64.4 Å². The number of benzene rings is 1. The van der Waals surface area contributed by atoms with Gasteiger partial charge in [-0.15, -0.1) is 13.2 Å². The molecule has 1 amide bonds. The van der Waals surface area contributed by atoms with Crippen LogP contribution in [0.4, 0.5) is 18.9 Å². The van der Waals surface area contributed by atoms with Gasteiger partial charge in [0.05, 0.1) is 0 Å². The predicted molar refractivity (Wildman–Crippen MR) is 64.6 cm³/mol. The van der Waals surface area contributed by atoms with Crippen LogP contribution < -0.4 is 15.8 Å². The van der Waals surface area contributed by atoms with Crippen molar-refractivity contribution in [3.63, 3.8) is 0 Å². The van der Waals surface area contributed by atoms with Gasteiger partial charge < -0.3 is 15.8 Å². The van der Waals surface area contributed by atoms with Crippen LogP contribution in [-0.2, 0) is 4.79 Å². The number of nitrogens with two attached hydrogens (primary N) is 1. The monoisotopic (exact) mass is 276 g/mol. The van der Waals surface area contributed by atoms with Crippen molar-refractivity contribution in [3.05, 3.63) is 24.3 Å². The van der Waals surface area contributed by atoms with Gasteiger partial charge in [-0.05, 0) is 24.6 Å². The van der Waals surface area contributed by atoms with Crippen LogP contribution in [-0.4, -0.2) is 18.8 Å². The standard InChI is InChI=1S/C12H15F3N2O2/c1-8(7-16)5-11(18)17-9-3-2-4-10(6-9)19-12(13,14)15/h2-4,6,8H,5,7,16H2,1H3,(H,17,18). The number of hydrogen-bond donors (Lipinski definition) is 2. The molecule has 1 rings (SSSR count). The van der Waals surface area contributed by atoms with Crippen LogP contribution in [0.3, 0.4) is 0 Å². The SMILES string of the molecule is CC(CN)CC(=O)Nc1cccc(OC(F)(F)F)c1. The molecule has 3 N–H and O–H groups in total. The molecule has 1 unspecified atom stereocenters. The van der Waals surface area contributed by atoms with Crippen LogP contribution in [0.5, 0.6) is 5.75 Å². The van der Waals surface area contributed by atoms with Gasteiger partial charge in [-0.1, -0.05) is 13.0 Å². The van der Waals surface area contributed by atoms with Crippen LogP contribution in [0.15, 0.2) is 24.3 Å². The van der Waals surface area contributed by atoms with Crippen molar-refractivity contribution in [1.29, 1.82) is 0 Å². The van der Waals surface area contributed by atoms with Gasteiger partial charge in [0.1, 0.15) is 5.75 Å². The summed E-state index contributed by atoms with van der Waals surface area (Å²) in [5, 5.41) is 2.49. The number of carbonyl (C=O) groups excluding carboxylic acids is 1. The zero-order valence-corrected chi connectivity index (χ0v) is 10.3. The molecule has 0 bridgehead atoms. The molecular formula is C12H15F3N2O2. The minimum atomic E-state index is -4.75. The van der Waals surface area contributed by atoms with Crippen molar-refractivity contribution in [1.82, 2.24) is 0 Å². The first-order valence-corrected chi connectivity index (χ1v) is 5.66. The third kappa shape index (κ3) is 6.10. The summed E-state index contributed by atoms with van der Waals surface area (Å²) < 4.78 is 39.8. The second-order valence-electron chi connectivity index (χ2n) is 4.17. The lowest BCUT2D eigenvalue weighted by atomic mass is 10.1. The Hall–Kier alpha value is -1.76. The van der Waals surface area contributed by atoms with Gasteiger partial charge >= 0.3 is 6.36 Å². The lowest BCUT2D eigenvalue weighted by molar-refractivity contribution is -0.274. The third-order valence-corrected chi connectivity index (χ3v) is 2.29. The fourth-order valence-corrected chi connectivity index (χ4v) is 1.38. The first kappa shape index (κ1) is 15.3. The molecule has 0 heterocycles. The van der Waals surface area contributed by atoms with Gasteiger partial charge in [0.15, 0.2) is 0 Å². The Bertz CT molecular complexity index is 435. The lowest BCUT2D eigenvalue weighted by Crippen LogP contribution is -2.20. The number of hydrogen-bond acceptors (Lipinski definition) is 3. The van der Waals surface area contributed by atoms with Gasteiger partial charge in [0, 0.05) is 18.2 Å². The van der Waals surface area contributed by atoms with E-state index in [1.54, 1.807) is 0 Å². The Balaban J connectivity index is 2.64. The van der Waals surface area contributed by atoms with Gasteiger partial charge in [-0.25, -0.2) is 0 Å². The molecule has 106 valence electrons. The molecule has 1 aromatic rings. The number of ether oxygens (including phenoxy) is 1. The van der Waals surface area contributed by atoms with Crippen LogP contribution in [0.1, 0.15) is 13.3 Å². The molecule has 19 heavy (non-hydrogen) atoms. The summed E-state index contributed by atoms with van der Waals surface area (Å²) in [7, 11) is 0. The highest BCUT2D eigenvalue weighted by atomic mass is 19.4. The molecule has 0 saturated carbocycles. The molecule has 0 aliphatic carbocycles. The highest BCUT2D eigenvalue weighted by Crippen LogP contribution is 2.25. The number of carbonyl (C=O) groups is 1. The molecule has 0 aromatic heterocycles. The number of halogens is 3. The maximum atomic E-state index is 12.0. The second kappa shape index (κ2) is 6.42. The van der Waals surface area contributed by atoms with E-state index in [4.69, 9.17) is 5.73 Å². The van der Waals surface area contributed by atoms with Crippen molar-refractivity contribution < 1.29 is 22.7 Å². The summed E-state index contributed by atoms with van der Waals surface area (Å²) in [6.45, 7) is 2.17. The smallest absolute Gasteiger partial charge is 0.406 e. The summed E-state index contributed by atoms with van der Waals surface area (Å²) in [5.41, 5.74) is 5.63. The molecule has 1 atom stereocenters. The first-order valence-electron chi connectivity index (χ1n) is 5.66. The van der Waals surface area contributed by atoms with E-state index in [1.807, 2.05) is 6.92 Å². The quantitative estimate of drug-likeness (QED) is 0.868. The van der Waals surface area contributed by atoms with Crippen molar-refractivity contribution >= 4 is 11.6 Å². The molecule has 0 aliphatic heterocycles. The fraction of sp³-hybridized carbons (Fsp3) is 0.417. The normalized spacial score (nSPS) is 12.9. The van der Waals surface area contributed by atoms with Crippen LogP contribution in [0, 0.1) is 5.92 Å². The molecule has 0 aliphatic rings. The zero-order chi connectivity index (χ0) is 14.5. The average Bonchev–Trinajstić information content (AvgIpc) is 2.26. The van der Waals surface area contributed by atoms with E-state index < -0.39 is 6.36 Å². The van der Waals surface area contributed by atoms with E-state index in [1.165, 1.54) is 12.1 Å². The highest BCUT2D eigenvalue weighted by molar-refractivity contribution is 5.91. The number of amides is 1. The zero-order valence-electron chi connectivity index (χ0n) is 10.3. The van der Waals surface area contributed by atoms with Crippen molar-refractivity contribution in [3.8, 4) is 5.75 Å². The van der Waals surface area contributed by atoms with E-state index in [0.717, 1.165) is 12.1 Å². The average molecular weight is 276 g/mol. The van der Waals surface area contributed by atoms with Crippen LogP contribution in [0.25, 0.3) is 0 Å². The highest BCUT2D eigenvalue weighted by Gasteiger charge is 2.31. The number of nitrogens with one attached hydrogen (secondary N) is 1. The molecule has 7 heteroatoms. The van der Waals surface area contributed by atoms with E-state index in [0.29, 0.717) is 6.54 Å². The first-order chi connectivity index (χ1) is 8.80. The van der Waals surface area contributed by atoms with Gasteiger partial charge in [0.2, 0.25) is 5.91 Å². The number of rotatable bonds is 5. The van der Waals surface area contributed by atoms with Crippen LogP contribution >= 0.6 is 0 Å². The molecule has 0 radical (unpaired) electrons. The summed E-state index contributed by atoms with van der Waals surface area (Å²) in [5.74, 6) is -0.672.